The second-order valence-corrected chi connectivity index (χ2v) is 4.43. The van der Waals surface area contributed by atoms with Gasteiger partial charge >= 0.3 is 0 Å². The van der Waals surface area contributed by atoms with Crippen molar-refractivity contribution < 1.29 is 9.53 Å². The van der Waals surface area contributed by atoms with Crippen molar-refractivity contribution in [3.05, 3.63) is 35.9 Å². The van der Waals surface area contributed by atoms with E-state index < -0.39 is 0 Å². The molecule has 0 bridgehead atoms. The summed E-state index contributed by atoms with van der Waals surface area (Å²) in [7, 11) is 1.70. The van der Waals surface area contributed by atoms with Gasteiger partial charge in [-0.2, -0.15) is 0 Å². The third kappa shape index (κ3) is 2.75. The molecule has 0 heterocycles. The molecule has 1 unspecified atom stereocenters. The van der Waals surface area contributed by atoms with Crippen LogP contribution < -0.4 is 0 Å². The summed E-state index contributed by atoms with van der Waals surface area (Å²) in [4.78, 5) is 12.0. The standard InChI is InChI=1S/C15H22O2/c1-5-15(6-2,17-4)14(12(3)16)13-10-8-7-9-11-13/h7-11,14H,5-6H2,1-4H3. The van der Waals surface area contributed by atoms with Gasteiger partial charge in [-0.3, -0.25) is 4.79 Å². The van der Waals surface area contributed by atoms with E-state index >= 15 is 0 Å². The SMILES string of the molecule is CCC(CC)(OC)C(C(C)=O)c1ccccc1. The maximum absolute atomic E-state index is 12.0. The molecular formula is C15H22O2. The number of hydrogen-bond donors (Lipinski definition) is 0. The van der Waals surface area contributed by atoms with Crippen LogP contribution in [0.1, 0.15) is 45.1 Å². The molecule has 0 spiro atoms. The van der Waals surface area contributed by atoms with Crippen molar-refractivity contribution in [3.8, 4) is 0 Å². The van der Waals surface area contributed by atoms with Crippen LogP contribution in [-0.2, 0) is 9.53 Å². The molecule has 1 aromatic carbocycles. The summed E-state index contributed by atoms with van der Waals surface area (Å²) in [5.41, 5.74) is 0.665. The molecule has 0 saturated carbocycles. The Labute approximate surface area is 104 Å². The third-order valence-corrected chi connectivity index (χ3v) is 3.67. The number of ketones is 1. The highest BCUT2D eigenvalue weighted by Crippen LogP contribution is 2.37. The molecule has 1 aromatic rings. The van der Waals surface area contributed by atoms with Gasteiger partial charge in [0.1, 0.15) is 5.78 Å². The molecule has 94 valence electrons. The van der Waals surface area contributed by atoms with Gasteiger partial charge in [0.05, 0.1) is 11.5 Å². The molecular weight excluding hydrogens is 212 g/mol. The second-order valence-electron chi connectivity index (χ2n) is 4.43. The van der Waals surface area contributed by atoms with Crippen LogP contribution in [0, 0.1) is 0 Å². The topological polar surface area (TPSA) is 26.3 Å². The molecule has 2 heteroatoms. The van der Waals surface area contributed by atoms with E-state index in [1.54, 1.807) is 14.0 Å². The summed E-state index contributed by atoms with van der Waals surface area (Å²) in [6.07, 6.45) is 1.66. The van der Waals surface area contributed by atoms with E-state index in [-0.39, 0.29) is 17.3 Å². The van der Waals surface area contributed by atoms with Gasteiger partial charge < -0.3 is 4.74 Å². The number of hydrogen-bond acceptors (Lipinski definition) is 2. The Morgan fingerprint density at radius 2 is 1.76 bits per heavy atom. The Morgan fingerprint density at radius 3 is 2.12 bits per heavy atom. The van der Waals surface area contributed by atoms with Crippen LogP contribution in [0.15, 0.2) is 30.3 Å². The first-order valence-electron chi connectivity index (χ1n) is 6.21. The van der Waals surface area contributed by atoms with Gasteiger partial charge in [-0.05, 0) is 25.3 Å². The zero-order valence-corrected chi connectivity index (χ0v) is 11.2. The van der Waals surface area contributed by atoms with E-state index in [0.29, 0.717) is 0 Å². The molecule has 0 amide bonds. The number of rotatable bonds is 6. The molecule has 0 aliphatic heterocycles. The van der Waals surface area contributed by atoms with Crippen LogP contribution >= 0.6 is 0 Å². The van der Waals surface area contributed by atoms with Crippen LogP contribution in [0.3, 0.4) is 0 Å². The molecule has 0 saturated heterocycles. The highest BCUT2D eigenvalue weighted by atomic mass is 16.5. The van der Waals surface area contributed by atoms with Gasteiger partial charge in [-0.1, -0.05) is 44.2 Å². The second kappa shape index (κ2) is 5.97. The minimum absolute atomic E-state index is 0.168. The van der Waals surface area contributed by atoms with Gasteiger partial charge in [-0.25, -0.2) is 0 Å². The van der Waals surface area contributed by atoms with Crippen LogP contribution in [0.4, 0.5) is 0 Å². The average Bonchev–Trinajstić information content (AvgIpc) is 2.36. The number of carbonyl (C=O) groups excluding carboxylic acids is 1. The molecule has 2 nitrogen and oxygen atoms in total. The molecule has 0 fully saturated rings. The largest absolute Gasteiger partial charge is 0.377 e. The lowest BCUT2D eigenvalue weighted by molar-refractivity contribution is -0.128. The van der Waals surface area contributed by atoms with Crippen molar-refractivity contribution >= 4 is 5.78 Å². The first-order chi connectivity index (χ1) is 8.11. The highest BCUT2D eigenvalue weighted by molar-refractivity contribution is 5.84. The number of methoxy groups -OCH3 is 1. The summed E-state index contributed by atoms with van der Waals surface area (Å²) in [6.45, 7) is 5.80. The van der Waals surface area contributed by atoms with E-state index in [1.807, 2.05) is 30.3 Å². The Morgan fingerprint density at radius 1 is 1.24 bits per heavy atom. The van der Waals surface area contributed by atoms with E-state index in [0.717, 1.165) is 18.4 Å². The zero-order chi connectivity index (χ0) is 12.9. The molecule has 1 atom stereocenters. The fraction of sp³-hybridized carbons (Fsp3) is 0.533. The first kappa shape index (κ1) is 13.9. The van der Waals surface area contributed by atoms with Crippen molar-refractivity contribution in [3.63, 3.8) is 0 Å². The maximum Gasteiger partial charge on any atom is 0.140 e. The van der Waals surface area contributed by atoms with Crippen molar-refractivity contribution in [1.82, 2.24) is 0 Å². The quantitative estimate of drug-likeness (QED) is 0.752. The lowest BCUT2D eigenvalue weighted by Gasteiger charge is -2.37. The van der Waals surface area contributed by atoms with Gasteiger partial charge in [0.15, 0.2) is 0 Å². The Hall–Kier alpha value is -1.15. The number of carbonyl (C=O) groups is 1. The third-order valence-electron chi connectivity index (χ3n) is 3.67. The maximum atomic E-state index is 12.0. The Bertz CT molecular complexity index is 344. The number of benzene rings is 1. The van der Waals surface area contributed by atoms with Gasteiger partial charge in [0.25, 0.3) is 0 Å². The van der Waals surface area contributed by atoms with Gasteiger partial charge in [0.2, 0.25) is 0 Å². The molecule has 0 aliphatic carbocycles. The molecule has 0 aromatic heterocycles. The predicted molar refractivity (Wildman–Crippen MR) is 70.2 cm³/mol. The number of Topliss-reactive ketones (excluding diaryl/α,β-unsaturated/α-hetero) is 1. The zero-order valence-electron chi connectivity index (χ0n) is 11.2. The molecule has 1 rings (SSSR count). The van der Waals surface area contributed by atoms with Crippen LogP contribution in [-0.4, -0.2) is 18.5 Å². The summed E-state index contributed by atoms with van der Waals surface area (Å²) < 4.78 is 5.69. The predicted octanol–water partition coefficient (Wildman–Crippen LogP) is 3.56. The van der Waals surface area contributed by atoms with Gasteiger partial charge in [-0.15, -0.1) is 0 Å². The van der Waals surface area contributed by atoms with Crippen molar-refractivity contribution in [1.29, 1.82) is 0 Å². The fourth-order valence-corrected chi connectivity index (χ4v) is 2.62. The van der Waals surface area contributed by atoms with E-state index in [1.165, 1.54) is 0 Å². The first-order valence-corrected chi connectivity index (χ1v) is 6.21. The minimum atomic E-state index is -0.382. The normalized spacial score (nSPS) is 13.4. The highest BCUT2D eigenvalue weighted by Gasteiger charge is 2.39. The Kier molecular flexibility index (Phi) is 4.88. The van der Waals surface area contributed by atoms with Gasteiger partial charge in [0, 0.05) is 7.11 Å². The van der Waals surface area contributed by atoms with E-state index in [4.69, 9.17) is 4.74 Å². The van der Waals surface area contributed by atoms with Crippen LogP contribution in [0.5, 0.6) is 0 Å². The lowest BCUT2D eigenvalue weighted by atomic mass is 9.76. The van der Waals surface area contributed by atoms with E-state index in [2.05, 4.69) is 13.8 Å². The van der Waals surface area contributed by atoms with Crippen molar-refractivity contribution in [2.45, 2.75) is 45.1 Å². The summed E-state index contributed by atoms with van der Waals surface area (Å²) in [5, 5.41) is 0. The van der Waals surface area contributed by atoms with Crippen LogP contribution in [0.2, 0.25) is 0 Å². The monoisotopic (exact) mass is 234 g/mol. The summed E-state index contributed by atoms with van der Waals surface area (Å²) >= 11 is 0. The summed E-state index contributed by atoms with van der Waals surface area (Å²) in [6, 6.07) is 9.91. The van der Waals surface area contributed by atoms with Crippen molar-refractivity contribution in [2.24, 2.45) is 0 Å². The fourth-order valence-electron chi connectivity index (χ4n) is 2.62. The summed E-state index contributed by atoms with van der Waals surface area (Å²) in [5.74, 6) is -0.00884. The number of ether oxygens (including phenoxy) is 1. The molecule has 0 aliphatic rings. The molecule has 0 radical (unpaired) electrons. The Balaban J connectivity index is 3.21. The molecule has 17 heavy (non-hydrogen) atoms. The lowest BCUT2D eigenvalue weighted by Crippen LogP contribution is -2.40. The van der Waals surface area contributed by atoms with Crippen molar-refractivity contribution in [2.75, 3.05) is 7.11 Å². The smallest absolute Gasteiger partial charge is 0.140 e. The molecule has 0 N–H and O–H groups in total. The van der Waals surface area contributed by atoms with Crippen LogP contribution in [0.25, 0.3) is 0 Å². The minimum Gasteiger partial charge on any atom is -0.377 e. The van der Waals surface area contributed by atoms with E-state index in [9.17, 15) is 4.79 Å². The average molecular weight is 234 g/mol.